The second-order valence-electron chi connectivity index (χ2n) is 5.45. The van der Waals surface area contributed by atoms with Crippen molar-refractivity contribution in [3.63, 3.8) is 0 Å². The van der Waals surface area contributed by atoms with Gasteiger partial charge in [-0.05, 0) is 24.6 Å². The van der Waals surface area contributed by atoms with Gasteiger partial charge < -0.3 is 4.42 Å². The summed E-state index contributed by atoms with van der Waals surface area (Å²) in [5.41, 5.74) is 2.30. The van der Waals surface area contributed by atoms with Crippen LogP contribution in [0.1, 0.15) is 25.2 Å². The maximum Gasteiger partial charge on any atom is 0.192 e. The van der Waals surface area contributed by atoms with Crippen LogP contribution in [0.25, 0.3) is 11.4 Å². The maximum atomic E-state index is 5.50. The lowest BCUT2D eigenvalue weighted by Gasteiger charge is -2.11. The predicted molar refractivity (Wildman–Crippen MR) is 89.0 cm³/mol. The van der Waals surface area contributed by atoms with E-state index in [1.165, 1.54) is 5.56 Å². The van der Waals surface area contributed by atoms with Gasteiger partial charge in [0.05, 0.1) is 12.8 Å². The molecule has 0 saturated carbocycles. The molecular weight excluding hydrogens is 294 g/mol. The van der Waals surface area contributed by atoms with Crippen LogP contribution in [0, 0.1) is 6.92 Å². The van der Waals surface area contributed by atoms with Crippen LogP contribution in [0.4, 0.5) is 0 Å². The van der Waals surface area contributed by atoms with E-state index in [0.717, 1.165) is 22.3 Å². The Balaban J connectivity index is 2.06. The van der Waals surface area contributed by atoms with Gasteiger partial charge in [-0.15, -0.1) is 10.2 Å². The van der Waals surface area contributed by atoms with E-state index >= 15 is 0 Å². The monoisotopic (exact) mass is 313 g/mol. The lowest BCUT2D eigenvalue weighted by atomic mass is 10.1. The highest BCUT2D eigenvalue weighted by Crippen LogP contribution is 2.29. The number of aryl methyl sites for hydroxylation is 1. The van der Waals surface area contributed by atoms with Gasteiger partial charge in [-0.3, -0.25) is 4.57 Å². The van der Waals surface area contributed by atoms with Gasteiger partial charge in [0.15, 0.2) is 11.0 Å². The second-order valence-corrected chi connectivity index (χ2v) is 7.00. The lowest BCUT2D eigenvalue weighted by molar-refractivity contribution is 0.485. The van der Waals surface area contributed by atoms with Crippen molar-refractivity contribution in [2.45, 2.75) is 37.7 Å². The number of benzene rings is 1. The lowest BCUT2D eigenvalue weighted by Crippen LogP contribution is -2.05. The second kappa shape index (κ2) is 6.40. The van der Waals surface area contributed by atoms with Gasteiger partial charge in [0.1, 0.15) is 5.76 Å². The first-order chi connectivity index (χ1) is 10.6. The number of rotatable bonds is 5. The Morgan fingerprint density at radius 3 is 2.64 bits per heavy atom. The summed E-state index contributed by atoms with van der Waals surface area (Å²) in [6.07, 6.45) is 1.70. The quantitative estimate of drug-likeness (QED) is 0.655. The van der Waals surface area contributed by atoms with Crippen molar-refractivity contribution in [2.75, 3.05) is 0 Å². The molecule has 0 aliphatic heterocycles. The minimum atomic E-state index is 0.448. The van der Waals surface area contributed by atoms with E-state index in [-0.39, 0.29) is 0 Å². The highest BCUT2D eigenvalue weighted by molar-refractivity contribution is 7.99. The predicted octanol–water partition coefficient (Wildman–Crippen LogP) is 4.40. The largest absolute Gasteiger partial charge is 0.467 e. The highest BCUT2D eigenvalue weighted by Gasteiger charge is 2.17. The van der Waals surface area contributed by atoms with E-state index in [4.69, 9.17) is 4.42 Å². The zero-order chi connectivity index (χ0) is 15.5. The van der Waals surface area contributed by atoms with Crippen LogP contribution in [0.3, 0.4) is 0 Å². The van der Waals surface area contributed by atoms with Gasteiger partial charge in [-0.2, -0.15) is 0 Å². The van der Waals surface area contributed by atoms with Gasteiger partial charge in [0.2, 0.25) is 0 Å². The number of hydrogen-bond acceptors (Lipinski definition) is 4. The molecule has 0 N–H and O–H groups in total. The molecule has 0 spiro atoms. The average Bonchev–Trinajstić information content (AvgIpc) is 3.11. The van der Waals surface area contributed by atoms with E-state index in [0.29, 0.717) is 11.8 Å². The van der Waals surface area contributed by atoms with E-state index in [1.807, 2.05) is 24.3 Å². The fourth-order valence-corrected chi connectivity index (χ4v) is 3.10. The van der Waals surface area contributed by atoms with Crippen molar-refractivity contribution in [1.82, 2.24) is 14.8 Å². The normalized spacial score (nSPS) is 11.3. The first kappa shape index (κ1) is 14.9. The molecular formula is C17H19N3OS. The number of aromatic nitrogens is 3. The molecule has 0 bridgehead atoms. The molecule has 0 saturated heterocycles. The molecule has 0 unspecified atom stereocenters. The van der Waals surface area contributed by atoms with Crippen LogP contribution in [-0.4, -0.2) is 20.0 Å². The summed E-state index contributed by atoms with van der Waals surface area (Å²) in [5.74, 6) is 1.79. The van der Waals surface area contributed by atoms with Gasteiger partial charge in [0, 0.05) is 10.8 Å². The molecule has 2 aromatic heterocycles. The Morgan fingerprint density at radius 2 is 1.95 bits per heavy atom. The highest BCUT2D eigenvalue weighted by atomic mass is 32.2. The number of nitrogens with zero attached hydrogens (tertiary/aromatic N) is 3. The van der Waals surface area contributed by atoms with Gasteiger partial charge >= 0.3 is 0 Å². The van der Waals surface area contributed by atoms with Crippen LogP contribution in [-0.2, 0) is 6.54 Å². The molecule has 0 amide bonds. The summed E-state index contributed by atoms with van der Waals surface area (Å²) in [4.78, 5) is 0. The molecule has 4 nitrogen and oxygen atoms in total. The Kier molecular flexibility index (Phi) is 4.34. The molecule has 5 heteroatoms. The number of furan rings is 1. The Morgan fingerprint density at radius 1 is 1.14 bits per heavy atom. The maximum absolute atomic E-state index is 5.50. The van der Waals surface area contributed by atoms with Crippen molar-refractivity contribution in [2.24, 2.45) is 0 Å². The van der Waals surface area contributed by atoms with E-state index in [1.54, 1.807) is 18.0 Å². The van der Waals surface area contributed by atoms with Crippen molar-refractivity contribution in [3.8, 4) is 11.4 Å². The van der Waals surface area contributed by atoms with Crippen LogP contribution in [0.5, 0.6) is 0 Å². The van der Waals surface area contributed by atoms with E-state index < -0.39 is 0 Å². The molecule has 2 heterocycles. The van der Waals surface area contributed by atoms with Crippen molar-refractivity contribution < 1.29 is 4.42 Å². The molecule has 0 atom stereocenters. The fourth-order valence-electron chi connectivity index (χ4n) is 2.31. The Labute approximate surface area is 134 Å². The van der Waals surface area contributed by atoms with Crippen molar-refractivity contribution in [1.29, 1.82) is 0 Å². The van der Waals surface area contributed by atoms with Crippen LogP contribution in [0.2, 0.25) is 0 Å². The molecule has 3 rings (SSSR count). The van der Waals surface area contributed by atoms with Gasteiger partial charge in [-0.1, -0.05) is 49.9 Å². The summed E-state index contributed by atoms with van der Waals surface area (Å²) in [6.45, 7) is 7.04. The zero-order valence-electron chi connectivity index (χ0n) is 13.0. The Hall–Kier alpha value is -2.01. The molecule has 3 aromatic rings. The fraction of sp³-hybridized carbons (Fsp3) is 0.294. The summed E-state index contributed by atoms with van der Waals surface area (Å²) in [6, 6.07) is 12.1. The minimum Gasteiger partial charge on any atom is -0.467 e. The smallest absolute Gasteiger partial charge is 0.192 e. The van der Waals surface area contributed by atoms with Crippen molar-refractivity contribution in [3.05, 3.63) is 54.0 Å². The van der Waals surface area contributed by atoms with Gasteiger partial charge in [-0.25, -0.2) is 0 Å². The molecule has 1 aromatic carbocycles. The molecule has 0 fully saturated rings. The molecule has 0 aliphatic carbocycles. The standard InChI is InChI=1S/C17H19N3OS/c1-12(2)22-17-19-18-16(15-9-5-4-7-13(15)3)20(17)11-14-8-6-10-21-14/h4-10,12H,11H2,1-3H3. The summed E-state index contributed by atoms with van der Waals surface area (Å²) in [5, 5.41) is 10.2. The van der Waals surface area contributed by atoms with Crippen LogP contribution in [0.15, 0.2) is 52.2 Å². The number of thioether (sulfide) groups is 1. The van der Waals surface area contributed by atoms with Crippen LogP contribution < -0.4 is 0 Å². The third kappa shape index (κ3) is 3.09. The van der Waals surface area contributed by atoms with Crippen LogP contribution >= 0.6 is 11.8 Å². The first-order valence-electron chi connectivity index (χ1n) is 7.33. The molecule has 0 aliphatic rings. The Bertz CT molecular complexity index is 747. The molecule has 0 radical (unpaired) electrons. The topological polar surface area (TPSA) is 43.9 Å². The van der Waals surface area contributed by atoms with E-state index in [2.05, 4.69) is 47.7 Å². The number of hydrogen-bond donors (Lipinski definition) is 0. The summed E-state index contributed by atoms with van der Waals surface area (Å²) < 4.78 is 7.63. The zero-order valence-corrected chi connectivity index (χ0v) is 13.8. The third-order valence-corrected chi connectivity index (χ3v) is 4.32. The average molecular weight is 313 g/mol. The third-order valence-electron chi connectivity index (χ3n) is 3.34. The first-order valence-corrected chi connectivity index (χ1v) is 8.21. The summed E-state index contributed by atoms with van der Waals surface area (Å²) >= 11 is 1.72. The summed E-state index contributed by atoms with van der Waals surface area (Å²) in [7, 11) is 0. The van der Waals surface area contributed by atoms with Crippen molar-refractivity contribution >= 4 is 11.8 Å². The molecule has 22 heavy (non-hydrogen) atoms. The molecule has 114 valence electrons. The minimum absolute atomic E-state index is 0.448. The SMILES string of the molecule is Cc1ccccc1-c1nnc(SC(C)C)n1Cc1ccco1. The van der Waals surface area contributed by atoms with Gasteiger partial charge in [0.25, 0.3) is 0 Å². The van der Waals surface area contributed by atoms with E-state index in [9.17, 15) is 0 Å².